The van der Waals surface area contributed by atoms with Crippen LogP contribution in [0.3, 0.4) is 0 Å². The van der Waals surface area contributed by atoms with E-state index in [1.54, 1.807) is 0 Å². The molecule has 1 aromatic heterocycles. The van der Waals surface area contributed by atoms with Gasteiger partial charge >= 0.3 is 12.1 Å². The standard InChI is InChI=1S/C19H16F3N3O4S/c1-30(27,28)16-8-4-14(5-9-16)18(26)29-11-10-25-12-17(23-24-25)13-2-6-15(7-3-13)19(20,21)22/h2-9,12H,10-11H2,1H3. The van der Waals surface area contributed by atoms with E-state index in [-0.39, 0.29) is 23.6 Å². The number of rotatable bonds is 6. The van der Waals surface area contributed by atoms with Gasteiger partial charge in [0.25, 0.3) is 0 Å². The quantitative estimate of drug-likeness (QED) is 0.548. The molecule has 0 amide bonds. The summed E-state index contributed by atoms with van der Waals surface area (Å²) in [6.07, 6.45) is -1.82. The number of ether oxygens (including phenoxy) is 1. The molecule has 3 aromatic rings. The van der Waals surface area contributed by atoms with Gasteiger partial charge in [0.15, 0.2) is 9.84 Å². The predicted octanol–water partition coefficient (Wildman–Crippen LogP) is 3.22. The molecule has 0 N–H and O–H groups in total. The van der Waals surface area contributed by atoms with Gasteiger partial charge in [-0.2, -0.15) is 13.2 Å². The first-order chi connectivity index (χ1) is 14.0. The molecule has 0 aliphatic rings. The number of esters is 1. The first-order valence-corrected chi connectivity index (χ1v) is 10.5. The second kappa shape index (κ2) is 8.27. The lowest BCUT2D eigenvalue weighted by Gasteiger charge is -2.06. The van der Waals surface area contributed by atoms with Crippen molar-refractivity contribution in [3.05, 3.63) is 65.9 Å². The number of halogens is 3. The molecule has 0 saturated carbocycles. The Labute approximate surface area is 170 Å². The predicted molar refractivity (Wildman–Crippen MR) is 100 cm³/mol. The normalized spacial score (nSPS) is 12.0. The molecule has 158 valence electrons. The molecule has 1 heterocycles. The largest absolute Gasteiger partial charge is 0.460 e. The highest BCUT2D eigenvalue weighted by Crippen LogP contribution is 2.30. The lowest BCUT2D eigenvalue weighted by Crippen LogP contribution is -2.12. The Morgan fingerprint density at radius 3 is 2.27 bits per heavy atom. The van der Waals surface area contributed by atoms with Crippen molar-refractivity contribution in [1.29, 1.82) is 0 Å². The Morgan fingerprint density at radius 2 is 1.70 bits per heavy atom. The summed E-state index contributed by atoms with van der Waals surface area (Å²) in [5.41, 5.74) is 0.296. The molecule has 0 fully saturated rings. The van der Waals surface area contributed by atoms with Crippen LogP contribution >= 0.6 is 0 Å². The van der Waals surface area contributed by atoms with E-state index in [0.29, 0.717) is 11.3 Å². The molecular weight excluding hydrogens is 423 g/mol. The first kappa shape index (κ1) is 21.5. The molecule has 7 nitrogen and oxygen atoms in total. The average molecular weight is 439 g/mol. The third kappa shape index (κ3) is 5.23. The topological polar surface area (TPSA) is 91.2 Å². The number of carbonyl (C=O) groups is 1. The second-order valence-electron chi connectivity index (χ2n) is 6.37. The smallest absolute Gasteiger partial charge is 0.416 e. The van der Waals surface area contributed by atoms with Crippen LogP contribution in [-0.2, 0) is 27.3 Å². The highest BCUT2D eigenvalue weighted by Gasteiger charge is 2.30. The Hall–Kier alpha value is -3.21. The van der Waals surface area contributed by atoms with E-state index in [9.17, 15) is 26.4 Å². The minimum Gasteiger partial charge on any atom is -0.460 e. The maximum Gasteiger partial charge on any atom is 0.416 e. The summed E-state index contributed by atoms with van der Waals surface area (Å²) in [4.78, 5) is 12.1. The molecule has 0 unspecified atom stereocenters. The van der Waals surface area contributed by atoms with Crippen molar-refractivity contribution in [2.75, 3.05) is 12.9 Å². The van der Waals surface area contributed by atoms with Crippen molar-refractivity contribution in [3.63, 3.8) is 0 Å². The minimum atomic E-state index is -4.41. The third-order valence-corrected chi connectivity index (χ3v) is 5.25. The van der Waals surface area contributed by atoms with Crippen LogP contribution < -0.4 is 0 Å². The van der Waals surface area contributed by atoms with Crippen molar-refractivity contribution in [2.45, 2.75) is 17.6 Å². The van der Waals surface area contributed by atoms with Crippen molar-refractivity contribution in [2.24, 2.45) is 0 Å². The van der Waals surface area contributed by atoms with E-state index < -0.39 is 27.5 Å². The number of nitrogens with zero attached hydrogens (tertiary/aromatic N) is 3. The van der Waals surface area contributed by atoms with Gasteiger partial charge in [-0.05, 0) is 36.4 Å². The molecule has 0 atom stereocenters. The van der Waals surface area contributed by atoms with Crippen LogP contribution in [0.1, 0.15) is 15.9 Å². The van der Waals surface area contributed by atoms with Gasteiger partial charge in [-0.3, -0.25) is 0 Å². The van der Waals surface area contributed by atoms with Crippen LogP contribution in [0.2, 0.25) is 0 Å². The van der Waals surface area contributed by atoms with E-state index in [4.69, 9.17) is 4.74 Å². The monoisotopic (exact) mass is 439 g/mol. The fourth-order valence-corrected chi connectivity index (χ4v) is 3.15. The summed E-state index contributed by atoms with van der Waals surface area (Å²) in [6.45, 7) is 0.156. The van der Waals surface area contributed by atoms with E-state index in [0.717, 1.165) is 18.4 Å². The van der Waals surface area contributed by atoms with Gasteiger partial charge in [-0.15, -0.1) is 5.10 Å². The SMILES string of the molecule is CS(=O)(=O)c1ccc(C(=O)OCCn2cc(-c3ccc(C(F)(F)F)cc3)nn2)cc1. The minimum absolute atomic E-state index is 0.0253. The van der Waals surface area contributed by atoms with Gasteiger partial charge in [-0.25, -0.2) is 17.9 Å². The second-order valence-corrected chi connectivity index (χ2v) is 8.39. The number of aromatic nitrogens is 3. The highest BCUT2D eigenvalue weighted by atomic mass is 32.2. The lowest BCUT2D eigenvalue weighted by atomic mass is 10.1. The zero-order valence-corrected chi connectivity index (χ0v) is 16.4. The number of sulfone groups is 1. The Balaban J connectivity index is 1.56. The molecule has 0 aliphatic carbocycles. The molecule has 0 bridgehead atoms. The molecule has 0 aliphatic heterocycles. The van der Waals surface area contributed by atoms with Gasteiger partial charge in [0.1, 0.15) is 12.3 Å². The number of alkyl halides is 3. The number of benzene rings is 2. The summed E-state index contributed by atoms with van der Waals surface area (Å²) in [5.74, 6) is -0.627. The molecule has 0 spiro atoms. The van der Waals surface area contributed by atoms with Crippen molar-refractivity contribution in [3.8, 4) is 11.3 Å². The highest BCUT2D eigenvalue weighted by molar-refractivity contribution is 7.90. The lowest BCUT2D eigenvalue weighted by molar-refractivity contribution is -0.137. The van der Waals surface area contributed by atoms with Crippen LogP contribution in [0.5, 0.6) is 0 Å². The summed E-state index contributed by atoms with van der Waals surface area (Å²) in [6, 6.07) is 9.89. The number of hydrogen-bond donors (Lipinski definition) is 0. The van der Waals surface area contributed by atoms with Crippen LogP contribution in [0.25, 0.3) is 11.3 Å². The Bertz CT molecular complexity index is 1140. The summed E-state index contributed by atoms with van der Waals surface area (Å²) < 4.78 is 67.2. The van der Waals surface area contributed by atoms with Gasteiger partial charge in [-0.1, -0.05) is 17.3 Å². The molecule has 0 radical (unpaired) electrons. The molecule has 3 rings (SSSR count). The molecule has 2 aromatic carbocycles. The van der Waals surface area contributed by atoms with Crippen LogP contribution in [0.4, 0.5) is 13.2 Å². The zero-order valence-electron chi connectivity index (χ0n) is 15.6. The van der Waals surface area contributed by atoms with Crippen LogP contribution in [0.15, 0.2) is 59.6 Å². The van der Waals surface area contributed by atoms with Crippen molar-refractivity contribution < 1.29 is 31.1 Å². The van der Waals surface area contributed by atoms with E-state index in [1.807, 2.05) is 0 Å². The molecule has 11 heteroatoms. The Kier molecular flexibility index (Phi) is 5.92. The zero-order chi connectivity index (χ0) is 21.9. The van der Waals surface area contributed by atoms with Gasteiger partial charge in [0.2, 0.25) is 0 Å². The van der Waals surface area contributed by atoms with Crippen molar-refractivity contribution >= 4 is 15.8 Å². The van der Waals surface area contributed by atoms with E-state index >= 15 is 0 Å². The molecular formula is C19H16F3N3O4S. The van der Waals surface area contributed by atoms with Gasteiger partial charge in [0.05, 0.1) is 28.8 Å². The van der Waals surface area contributed by atoms with E-state index in [1.165, 1.54) is 47.3 Å². The fraction of sp³-hybridized carbons (Fsp3) is 0.211. The van der Waals surface area contributed by atoms with Crippen LogP contribution in [-0.4, -0.2) is 42.2 Å². The Morgan fingerprint density at radius 1 is 1.07 bits per heavy atom. The van der Waals surface area contributed by atoms with Gasteiger partial charge in [0, 0.05) is 11.8 Å². The fourth-order valence-electron chi connectivity index (χ4n) is 2.52. The molecule has 30 heavy (non-hydrogen) atoms. The van der Waals surface area contributed by atoms with Gasteiger partial charge < -0.3 is 4.74 Å². The van der Waals surface area contributed by atoms with Crippen molar-refractivity contribution in [1.82, 2.24) is 15.0 Å². The summed E-state index contributed by atoms with van der Waals surface area (Å²) in [7, 11) is -3.35. The summed E-state index contributed by atoms with van der Waals surface area (Å²) in [5, 5.41) is 7.76. The number of carbonyl (C=O) groups excluding carboxylic acids is 1. The average Bonchev–Trinajstić information content (AvgIpc) is 3.16. The van der Waals surface area contributed by atoms with Crippen LogP contribution in [0, 0.1) is 0 Å². The third-order valence-electron chi connectivity index (χ3n) is 4.12. The van der Waals surface area contributed by atoms with E-state index in [2.05, 4.69) is 10.3 Å². The maximum absolute atomic E-state index is 12.6. The summed E-state index contributed by atoms with van der Waals surface area (Å²) >= 11 is 0. The first-order valence-electron chi connectivity index (χ1n) is 8.59. The maximum atomic E-state index is 12.6. The number of hydrogen-bond acceptors (Lipinski definition) is 6. The molecule has 0 saturated heterocycles.